The van der Waals surface area contributed by atoms with Gasteiger partial charge in [-0.2, -0.15) is 31.4 Å². The maximum Gasteiger partial charge on any atom is 0.408 e. The summed E-state index contributed by atoms with van der Waals surface area (Å²) in [4.78, 5) is 32.6. The number of anilines is 1. The van der Waals surface area contributed by atoms with Gasteiger partial charge in [-0.25, -0.2) is 28.6 Å². The van der Waals surface area contributed by atoms with E-state index < -0.39 is 36.4 Å². The summed E-state index contributed by atoms with van der Waals surface area (Å²) in [6.45, 7) is 4.68. The number of imidazole rings is 2. The van der Waals surface area contributed by atoms with Crippen LogP contribution in [0.5, 0.6) is 0 Å². The molecule has 19 heteroatoms. The Balaban J connectivity index is 0.000000178. The van der Waals surface area contributed by atoms with E-state index in [1.165, 1.54) is 38.5 Å². The molecule has 1 N–H and O–H groups in total. The van der Waals surface area contributed by atoms with Crippen LogP contribution in [-0.2, 0) is 9.47 Å². The lowest BCUT2D eigenvalue weighted by Gasteiger charge is -2.27. The lowest BCUT2D eigenvalue weighted by atomic mass is 10.2. The quantitative estimate of drug-likeness (QED) is 0.218. The third-order valence-electron chi connectivity index (χ3n) is 7.03. The molecule has 12 nitrogen and oxygen atoms in total. The number of hydrogen-bond donors (Lipinski definition) is 1. The molecule has 2 atom stereocenters. The fourth-order valence-electron chi connectivity index (χ4n) is 4.90. The number of fused-ring (bicyclic) bond motifs is 2. The number of nitrogens with zero attached hydrogens (tertiary/aromatic N) is 7. The molecular weight excluding hydrogens is 662 g/mol. The van der Waals surface area contributed by atoms with Crippen LogP contribution in [0.3, 0.4) is 0 Å². The van der Waals surface area contributed by atoms with E-state index in [0.29, 0.717) is 42.4 Å². The van der Waals surface area contributed by atoms with E-state index in [4.69, 9.17) is 21.1 Å². The Morgan fingerprint density at radius 1 is 0.851 bits per heavy atom. The molecule has 0 radical (unpaired) electrons. The Labute approximate surface area is 269 Å². The van der Waals surface area contributed by atoms with E-state index in [0.717, 1.165) is 0 Å². The smallest absolute Gasteiger partial charge is 0.408 e. The maximum absolute atomic E-state index is 13.1. The van der Waals surface area contributed by atoms with Crippen LogP contribution in [-0.4, -0.2) is 91.9 Å². The lowest BCUT2D eigenvalue weighted by Crippen LogP contribution is -2.41. The van der Waals surface area contributed by atoms with Crippen molar-refractivity contribution in [2.45, 2.75) is 64.0 Å². The normalized spacial score (nSPS) is 18.0. The van der Waals surface area contributed by atoms with E-state index in [9.17, 15) is 35.9 Å². The minimum Gasteiger partial charge on any atom is -0.461 e. The molecule has 4 aromatic rings. The van der Waals surface area contributed by atoms with E-state index in [1.807, 2.05) is 0 Å². The minimum absolute atomic E-state index is 0.0396. The largest absolute Gasteiger partial charge is 0.461 e. The van der Waals surface area contributed by atoms with E-state index in [2.05, 4.69) is 25.5 Å². The van der Waals surface area contributed by atoms with Crippen LogP contribution in [0.4, 0.5) is 32.2 Å². The third kappa shape index (κ3) is 8.79. The zero-order chi connectivity index (χ0) is 34.4. The summed E-state index contributed by atoms with van der Waals surface area (Å²) in [7, 11) is 0. The molecule has 0 aromatic carbocycles. The van der Waals surface area contributed by atoms with Crippen LogP contribution < -0.4 is 10.2 Å². The molecule has 0 saturated carbocycles. The van der Waals surface area contributed by atoms with E-state index >= 15 is 0 Å². The Bertz CT molecular complexity index is 1670. The number of rotatable bonds is 5. The van der Waals surface area contributed by atoms with Gasteiger partial charge in [0.2, 0.25) is 0 Å². The standard InChI is InChI=1S/C14H15F3N4O2.C9H8ClN3O2.C5H8F3N/c1-2-23-13(22)9-8-18-11-5-6-12(19-21(9)11)20-7-3-4-10(20)14(15,16)17;1-2-15-9(14)6-5-11-8-4-3-7(10)12-13(6)8;6-5(7,8)4-2-1-3-9-4/h5-6,8,10H,2-4,7H2,1H3;3-5H,2H2,1H3;4,9H,1-3H2. The minimum atomic E-state index is -4.31. The van der Waals surface area contributed by atoms with Crippen molar-refractivity contribution in [2.24, 2.45) is 0 Å². The van der Waals surface area contributed by atoms with Gasteiger partial charge in [0.25, 0.3) is 0 Å². The van der Waals surface area contributed by atoms with Gasteiger partial charge in [0, 0.05) is 6.54 Å². The van der Waals surface area contributed by atoms with Crippen LogP contribution >= 0.6 is 11.6 Å². The van der Waals surface area contributed by atoms with Gasteiger partial charge >= 0.3 is 24.3 Å². The van der Waals surface area contributed by atoms with E-state index in [1.54, 1.807) is 26.0 Å². The summed E-state index contributed by atoms with van der Waals surface area (Å²) >= 11 is 5.72. The van der Waals surface area contributed by atoms with Gasteiger partial charge in [-0.1, -0.05) is 11.6 Å². The second kappa shape index (κ2) is 15.1. The SMILES string of the molecule is CCOC(=O)c1cnc2ccc(Cl)nn12.CCOC(=O)c1cnc2ccc(N3CCCC3C(F)(F)F)nn12.FC(F)(F)C1CCCN1. The third-order valence-corrected chi connectivity index (χ3v) is 7.23. The highest BCUT2D eigenvalue weighted by Gasteiger charge is 2.46. The fraction of sp³-hybridized carbons (Fsp3) is 0.500. The average Bonchev–Trinajstić information content (AvgIpc) is 3.83. The molecule has 2 aliphatic rings. The summed E-state index contributed by atoms with van der Waals surface area (Å²) in [5, 5.41) is 10.8. The van der Waals surface area contributed by atoms with Crippen LogP contribution in [0.1, 0.15) is 60.5 Å². The van der Waals surface area contributed by atoms with Gasteiger partial charge in [-0.3, -0.25) is 0 Å². The number of halogens is 7. The Morgan fingerprint density at radius 3 is 1.91 bits per heavy atom. The Kier molecular flexibility index (Phi) is 11.5. The molecule has 4 aromatic heterocycles. The molecule has 2 aliphatic heterocycles. The molecule has 256 valence electrons. The molecule has 0 bridgehead atoms. The number of ether oxygens (including phenoxy) is 2. The van der Waals surface area contributed by atoms with Crippen LogP contribution in [0.15, 0.2) is 36.7 Å². The molecule has 0 aliphatic carbocycles. The van der Waals surface area contributed by atoms with Gasteiger partial charge in [-0.15, -0.1) is 5.10 Å². The number of esters is 2. The number of carbonyl (C=O) groups is 2. The number of carbonyl (C=O) groups excluding carboxylic acids is 2. The summed E-state index contributed by atoms with van der Waals surface area (Å²) in [5.74, 6) is -0.904. The maximum atomic E-state index is 13.1. The van der Waals surface area contributed by atoms with Crippen molar-refractivity contribution in [2.75, 3.05) is 31.2 Å². The first kappa shape index (κ1) is 35.7. The zero-order valence-electron chi connectivity index (χ0n) is 25.2. The molecule has 2 saturated heterocycles. The first-order valence-electron chi connectivity index (χ1n) is 14.6. The van der Waals surface area contributed by atoms with Crippen molar-refractivity contribution in [3.63, 3.8) is 0 Å². The van der Waals surface area contributed by atoms with E-state index in [-0.39, 0.29) is 43.2 Å². The topological polar surface area (TPSA) is 128 Å². The van der Waals surface area contributed by atoms with Crippen molar-refractivity contribution >= 4 is 40.7 Å². The van der Waals surface area contributed by atoms with Gasteiger partial charge in [-0.05, 0) is 70.3 Å². The van der Waals surface area contributed by atoms with Crippen LogP contribution in [0, 0.1) is 0 Å². The zero-order valence-corrected chi connectivity index (χ0v) is 25.9. The summed E-state index contributed by atoms with van der Waals surface area (Å²) < 4.78 is 86.7. The molecule has 47 heavy (non-hydrogen) atoms. The Morgan fingerprint density at radius 2 is 1.43 bits per heavy atom. The van der Waals surface area contributed by atoms with Crippen molar-refractivity contribution in [1.82, 2.24) is 34.5 Å². The Hall–Kier alpha value is -4.19. The van der Waals surface area contributed by atoms with Crippen LogP contribution in [0.2, 0.25) is 5.15 Å². The predicted molar refractivity (Wildman–Crippen MR) is 156 cm³/mol. The van der Waals surface area contributed by atoms with Crippen molar-refractivity contribution < 1.29 is 45.4 Å². The summed E-state index contributed by atoms with van der Waals surface area (Å²) in [6, 6.07) is 3.52. The molecule has 6 heterocycles. The summed E-state index contributed by atoms with van der Waals surface area (Å²) in [6.07, 6.45) is -4.27. The predicted octanol–water partition coefficient (Wildman–Crippen LogP) is 5.30. The molecule has 0 amide bonds. The second-order valence-corrected chi connectivity index (χ2v) is 10.6. The molecule has 0 spiro atoms. The number of hydrogen-bond acceptors (Lipinski definition) is 10. The number of aromatic nitrogens is 6. The van der Waals surface area contributed by atoms with Gasteiger partial charge in [0.05, 0.1) is 25.6 Å². The van der Waals surface area contributed by atoms with Crippen LogP contribution in [0.25, 0.3) is 11.3 Å². The molecule has 6 rings (SSSR count). The fourth-order valence-corrected chi connectivity index (χ4v) is 5.04. The van der Waals surface area contributed by atoms with Gasteiger partial charge in [0.15, 0.2) is 22.7 Å². The van der Waals surface area contributed by atoms with Crippen molar-refractivity contribution in [3.05, 3.63) is 53.2 Å². The average molecular weight is 693 g/mol. The van der Waals surface area contributed by atoms with Gasteiger partial charge < -0.3 is 19.7 Å². The first-order valence-corrected chi connectivity index (χ1v) is 14.9. The monoisotopic (exact) mass is 692 g/mol. The lowest BCUT2D eigenvalue weighted by molar-refractivity contribution is -0.151. The van der Waals surface area contributed by atoms with Crippen molar-refractivity contribution in [3.8, 4) is 0 Å². The molecule has 2 fully saturated rings. The van der Waals surface area contributed by atoms with Gasteiger partial charge in [0.1, 0.15) is 23.1 Å². The molecular formula is C28H31ClF6N8O4. The first-order chi connectivity index (χ1) is 22.2. The highest BCUT2D eigenvalue weighted by Crippen LogP contribution is 2.35. The van der Waals surface area contributed by atoms with Crippen molar-refractivity contribution in [1.29, 1.82) is 0 Å². The molecule has 2 unspecified atom stereocenters. The highest BCUT2D eigenvalue weighted by molar-refractivity contribution is 6.29. The highest BCUT2D eigenvalue weighted by atomic mass is 35.5. The summed E-state index contributed by atoms with van der Waals surface area (Å²) in [5.41, 5.74) is 1.29. The number of alkyl halides is 6. The number of nitrogens with one attached hydrogen (secondary N) is 1. The second-order valence-electron chi connectivity index (χ2n) is 10.2.